The quantitative estimate of drug-likeness (QED) is 0.711. The summed E-state index contributed by atoms with van der Waals surface area (Å²) in [5.41, 5.74) is 3.29. The molecule has 0 saturated heterocycles. The van der Waals surface area contributed by atoms with E-state index in [0.717, 1.165) is 22.6 Å². The molecule has 0 bridgehead atoms. The van der Waals surface area contributed by atoms with Gasteiger partial charge in [-0.25, -0.2) is 4.68 Å². The first-order valence-electron chi connectivity index (χ1n) is 8.53. The standard InChI is InChI=1S/C20H22N4O2/c1-15-19(22-23-24(15)14-16-8-4-3-5-9-16)20(25)21-13-12-17-10-6-7-11-18(17)26-2/h3-11H,12-14H2,1-2H3,(H,21,25). The number of para-hydroxylation sites is 1. The maximum atomic E-state index is 12.4. The van der Waals surface area contributed by atoms with Gasteiger partial charge in [0.15, 0.2) is 5.69 Å². The van der Waals surface area contributed by atoms with Crippen molar-refractivity contribution in [1.82, 2.24) is 20.3 Å². The zero-order valence-corrected chi connectivity index (χ0v) is 15.0. The largest absolute Gasteiger partial charge is 0.496 e. The minimum atomic E-state index is -0.211. The number of ether oxygens (including phenoxy) is 1. The van der Waals surface area contributed by atoms with Crippen molar-refractivity contribution in [2.75, 3.05) is 13.7 Å². The second-order valence-electron chi connectivity index (χ2n) is 5.98. The molecule has 0 saturated carbocycles. The Labute approximate surface area is 152 Å². The van der Waals surface area contributed by atoms with Gasteiger partial charge in [0.25, 0.3) is 5.91 Å². The van der Waals surface area contributed by atoms with E-state index in [1.807, 2.05) is 61.5 Å². The molecule has 0 aliphatic heterocycles. The van der Waals surface area contributed by atoms with Gasteiger partial charge in [-0.1, -0.05) is 53.7 Å². The van der Waals surface area contributed by atoms with Crippen LogP contribution in [0.2, 0.25) is 0 Å². The number of rotatable bonds is 7. The summed E-state index contributed by atoms with van der Waals surface area (Å²) in [6.07, 6.45) is 0.687. The minimum Gasteiger partial charge on any atom is -0.496 e. The molecule has 0 spiro atoms. The highest BCUT2D eigenvalue weighted by Gasteiger charge is 2.16. The molecule has 0 fully saturated rings. The second-order valence-corrected chi connectivity index (χ2v) is 5.98. The Bertz CT molecular complexity index is 875. The Hall–Kier alpha value is -3.15. The van der Waals surface area contributed by atoms with Crippen LogP contribution in [-0.2, 0) is 13.0 Å². The zero-order valence-electron chi connectivity index (χ0n) is 15.0. The minimum absolute atomic E-state index is 0.211. The first-order chi connectivity index (χ1) is 12.7. The summed E-state index contributed by atoms with van der Waals surface area (Å²) in [6.45, 7) is 2.95. The highest BCUT2D eigenvalue weighted by Crippen LogP contribution is 2.17. The van der Waals surface area contributed by atoms with Gasteiger partial charge < -0.3 is 10.1 Å². The predicted octanol–water partition coefficient (Wildman–Crippen LogP) is 2.62. The molecule has 0 radical (unpaired) electrons. The summed E-state index contributed by atoms with van der Waals surface area (Å²) in [4.78, 5) is 12.4. The maximum Gasteiger partial charge on any atom is 0.273 e. The molecule has 0 unspecified atom stereocenters. The second kappa shape index (κ2) is 8.29. The van der Waals surface area contributed by atoms with E-state index in [1.54, 1.807) is 11.8 Å². The van der Waals surface area contributed by atoms with Crippen molar-refractivity contribution in [2.24, 2.45) is 0 Å². The van der Waals surface area contributed by atoms with Gasteiger partial charge in [0.2, 0.25) is 0 Å². The van der Waals surface area contributed by atoms with E-state index in [0.29, 0.717) is 25.2 Å². The fraction of sp³-hybridized carbons (Fsp3) is 0.250. The molecule has 6 heteroatoms. The fourth-order valence-corrected chi connectivity index (χ4v) is 2.78. The lowest BCUT2D eigenvalue weighted by atomic mass is 10.1. The maximum absolute atomic E-state index is 12.4. The first kappa shape index (κ1) is 17.7. The van der Waals surface area contributed by atoms with Gasteiger partial charge in [0.05, 0.1) is 19.3 Å². The number of aromatic nitrogens is 3. The van der Waals surface area contributed by atoms with E-state index >= 15 is 0 Å². The van der Waals surface area contributed by atoms with E-state index in [9.17, 15) is 4.79 Å². The molecule has 2 aromatic carbocycles. The van der Waals surface area contributed by atoms with Crippen LogP contribution in [0.15, 0.2) is 54.6 Å². The lowest BCUT2D eigenvalue weighted by Crippen LogP contribution is -2.27. The van der Waals surface area contributed by atoms with Crippen molar-refractivity contribution in [3.63, 3.8) is 0 Å². The highest BCUT2D eigenvalue weighted by atomic mass is 16.5. The number of nitrogens with zero attached hydrogens (tertiary/aromatic N) is 3. The molecular formula is C20H22N4O2. The molecule has 1 heterocycles. The molecule has 1 N–H and O–H groups in total. The Morgan fingerprint density at radius 1 is 1.12 bits per heavy atom. The van der Waals surface area contributed by atoms with Crippen molar-refractivity contribution < 1.29 is 9.53 Å². The molecule has 0 aliphatic carbocycles. The average molecular weight is 350 g/mol. The van der Waals surface area contributed by atoms with Crippen LogP contribution >= 0.6 is 0 Å². The SMILES string of the molecule is COc1ccccc1CCNC(=O)c1nnn(Cc2ccccc2)c1C. The monoisotopic (exact) mass is 350 g/mol. The van der Waals surface area contributed by atoms with Crippen LogP contribution in [0.4, 0.5) is 0 Å². The summed E-state index contributed by atoms with van der Waals surface area (Å²) in [6, 6.07) is 17.8. The number of benzene rings is 2. The van der Waals surface area contributed by atoms with Crippen LogP contribution in [0, 0.1) is 6.92 Å². The van der Waals surface area contributed by atoms with E-state index in [2.05, 4.69) is 15.6 Å². The van der Waals surface area contributed by atoms with E-state index in [4.69, 9.17) is 4.74 Å². The average Bonchev–Trinajstić information content (AvgIpc) is 3.03. The van der Waals surface area contributed by atoms with Gasteiger partial charge >= 0.3 is 0 Å². The highest BCUT2D eigenvalue weighted by molar-refractivity contribution is 5.93. The summed E-state index contributed by atoms with van der Waals surface area (Å²) in [5, 5.41) is 11.1. The number of carbonyl (C=O) groups is 1. The molecule has 0 aliphatic rings. The topological polar surface area (TPSA) is 69.0 Å². The zero-order chi connectivity index (χ0) is 18.4. The first-order valence-corrected chi connectivity index (χ1v) is 8.53. The summed E-state index contributed by atoms with van der Waals surface area (Å²) in [7, 11) is 1.64. The normalized spacial score (nSPS) is 10.5. The van der Waals surface area contributed by atoms with Gasteiger partial charge in [0, 0.05) is 6.54 Å². The van der Waals surface area contributed by atoms with Gasteiger partial charge in [0.1, 0.15) is 5.75 Å². The third-order valence-corrected chi connectivity index (χ3v) is 4.25. The molecule has 6 nitrogen and oxygen atoms in total. The molecule has 3 aromatic rings. The summed E-state index contributed by atoms with van der Waals surface area (Å²) in [5.74, 6) is 0.614. The third-order valence-electron chi connectivity index (χ3n) is 4.25. The number of hydrogen-bond donors (Lipinski definition) is 1. The van der Waals surface area contributed by atoms with Gasteiger partial charge in [-0.05, 0) is 30.5 Å². The lowest BCUT2D eigenvalue weighted by molar-refractivity contribution is 0.0948. The van der Waals surface area contributed by atoms with E-state index in [1.165, 1.54) is 0 Å². The summed E-state index contributed by atoms with van der Waals surface area (Å²) < 4.78 is 7.07. The Morgan fingerprint density at radius 2 is 1.85 bits per heavy atom. The number of nitrogens with one attached hydrogen (secondary N) is 1. The van der Waals surface area contributed by atoms with Crippen LogP contribution in [0.3, 0.4) is 0 Å². The van der Waals surface area contributed by atoms with Gasteiger partial charge in [-0.2, -0.15) is 0 Å². The van der Waals surface area contributed by atoms with Crippen LogP contribution in [0.1, 0.15) is 27.3 Å². The molecule has 1 aromatic heterocycles. The smallest absolute Gasteiger partial charge is 0.273 e. The lowest BCUT2D eigenvalue weighted by Gasteiger charge is -2.08. The Morgan fingerprint density at radius 3 is 2.62 bits per heavy atom. The van der Waals surface area contributed by atoms with Crippen molar-refractivity contribution in [3.05, 3.63) is 77.1 Å². The molecular weight excluding hydrogens is 328 g/mol. The van der Waals surface area contributed by atoms with Crippen molar-refractivity contribution in [3.8, 4) is 5.75 Å². The van der Waals surface area contributed by atoms with Crippen molar-refractivity contribution in [1.29, 1.82) is 0 Å². The Balaban J connectivity index is 1.60. The van der Waals surface area contributed by atoms with E-state index in [-0.39, 0.29) is 5.91 Å². The van der Waals surface area contributed by atoms with Crippen LogP contribution < -0.4 is 10.1 Å². The Kier molecular flexibility index (Phi) is 5.63. The van der Waals surface area contributed by atoms with Crippen molar-refractivity contribution in [2.45, 2.75) is 19.9 Å². The molecule has 134 valence electrons. The van der Waals surface area contributed by atoms with Crippen molar-refractivity contribution >= 4 is 5.91 Å². The van der Waals surface area contributed by atoms with Crippen LogP contribution in [-0.4, -0.2) is 34.6 Å². The van der Waals surface area contributed by atoms with Gasteiger partial charge in [-0.3, -0.25) is 4.79 Å². The number of methoxy groups -OCH3 is 1. The molecule has 3 rings (SSSR count). The third kappa shape index (κ3) is 4.08. The van der Waals surface area contributed by atoms with Crippen LogP contribution in [0.5, 0.6) is 5.75 Å². The molecule has 0 atom stereocenters. The van der Waals surface area contributed by atoms with Gasteiger partial charge in [-0.15, -0.1) is 5.10 Å². The number of amides is 1. The van der Waals surface area contributed by atoms with Crippen LogP contribution in [0.25, 0.3) is 0 Å². The molecule has 1 amide bonds. The van der Waals surface area contributed by atoms with E-state index < -0.39 is 0 Å². The summed E-state index contributed by atoms with van der Waals surface area (Å²) >= 11 is 0. The number of hydrogen-bond acceptors (Lipinski definition) is 4. The molecule has 26 heavy (non-hydrogen) atoms. The predicted molar refractivity (Wildman–Crippen MR) is 99.3 cm³/mol. The fourth-order valence-electron chi connectivity index (χ4n) is 2.78. The number of carbonyl (C=O) groups excluding carboxylic acids is 1.